The van der Waals surface area contributed by atoms with E-state index in [1.54, 1.807) is 24.2 Å². The fraction of sp³-hybridized carbons (Fsp3) is 0.348. The topological polar surface area (TPSA) is 81.5 Å². The Bertz CT molecular complexity index is 998. The zero-order chi connectivity index (χ0) is 21.6. The van der Waals surface area contributed by atoms with Gasteiger partial charge in [0.25, 0.3) is 5.91 Å². The number of amides is 1. The maximum absolute atomic E-state index is 13.0. The summed E-state index contributed by atoms with van der Waals surface area (Å²) >= 11 is 0. The van der Waals surface area contributed by atoms with Crippen molar-refractivity contribution >= 4 is 5.91 Å². The Morgan fingerprint density at radius 1 is 1.19 bits per heavy atom. The van der Waals surface area contributed by atoms with Gasteiger partial charge in [-0.2, -0.15) is 5.10 Å². The number of nitrogens with one attached hydrogen (secondary N) is 1. The summed E-state index contributed by atoms with van der Waals surface area (Å²) in [6.45, 7) is 5.39. The predicted molar refractivity (Wildman–Crippen MR) is 117 cm³/mol. The number of nitrogens with zero attached hydrogens (tertiary/aromatic N) is 4. The SMILES string of the molecule is COc1ccc(C(CNC(=O)c2cnn(-c3ccccn3)c2C)N2CCOCC2)cc1. The molecular weight excluding hydrogens is 394 g/mol. The van der Waals surface area contributed by atoms with Crippen LogP contribution in [0.15, 0.2) is 54.9 Å². The maximum Gasteiger partial charge on any atom is 0.254 e. The van der Waals surface area contributed by atoms with Crippen LogP contribution >= 0.6 is 0 Å². The molecule has 1 unspecified atom stereocenters. The van der Waals surface area contributed by atoms with E-state index in [9.17, 15) is 4.79 Å². The van der Waals surface area contributed by atoms with Crippen molar-refractivity contribution in [3.05, 3.63) is 71.7 Å². The van der Waals surface area contributed by atoms with Crippen molar-refractivity contribution in [2.45, 2.75) is 13.0 Å². The quantitative estimate of drug-likeness (QED) is 0.631. The molecule has 162 valence electrons. The number of morpholine rings is 1. The Balaban J connectivity index is 1.50. The van der Waals surface area contributed by atoms with Crippen molar-refractivity contribution in [3.8, 4) is 11.6 Å². The Labute approximate surface area is 181 Å². The van der Waals surface area contributed by atoms with E-state index in [1.165, 1.54) is 0 Å². The lowest BCUT2D eigenvalue weighted by atomic mass is 10.0. The van der Waals surface area contributed by atoms with Crippen LogP contribution in [0.5, 0.6) is 5.75 Å². The van der Waals surface area contributed by atoms with E-state index >= 15 is 0 Å². The van der Waals surface area contributed by atoms with Crippen molar-refractivity contribution in [2.24, 2.45) is 0 Å². The molecule has 1 aliphatic rings. The minimum Gasteiger partial charge on any atom is -0.497 e. The zero-order valence-electron chi connectivity index (χ0n) is 17.8. The predicted octanol–water partition coefficient (Wildman–Crippen LogP) is 2.39. The van der Waals surface area contributed by atoms with E-state index in [2.05, 4.69) is 32.4 Å². The molecule has 31 heavy (non-hydrogen) atoms. The van der Waals surface area contributed by atoms with Crippen molar-refractivity contribution in [1.29, 1.82) is 0 Å². The number of methoxy groups -OCH3 is 1. The van der Waals surface area contributed by atoms with Crippen LogP contribution in [0.4, 0.5) is 0 Å². The van der Waals surface area contributed by atoms with Gasteiger partial charge in [0.1, 0.15) is 5.75 Å². The lowest BCUT2D eigenvalue weighted by Crippen LogP contribution is -2.43. The Morgan fingerprint density at radius 3 is 2.65 bits per heavy atom. The number of aromatic nitrogens is 3. The van der Waals surface area contributed by atoms with Crippen LogP contribution in [-0.2, 0) is 4.74 Å². The second kappa shape index (κ2) is 9.72. The van der Waals surface area contributed by atoms with E-state index in [0.717, 1.165) is 30.1 Å². The van der Waals surface area contributed by atoms with Gasteiger partial charge >= 0.3 is 0 Å². The summed E-state index contributed by atoms with van der Waals surface area (Å²) in [5.41, 5.74) is 2.42. The smallest absolute Gasteiger partial charge is 0.254 e. The summed E-state index contributed by atoms with van der Waals surface area (Å²) < 4.78 is 12.5. The minimum atomic E-state index is -0.147. The monoisotopic (exact) mass is 421 g/mol. The van der Waals surface area contributed by atoms with Crippen LogP contribution in [0.1, 0.15) is 27.7 Å². The highest BCUT2D eigenvalue weighted by atomic mass is 16.5. The molecule has 1 atom stereocenters. The van der Waals surface area contributed by atoms with Crippen molar-refractivity contribution < 1.29 is 14.3 Å². The van der Waals surface area contributed by atoms with Gasteiger partial charge in [0, 0.05) is 25.8 Å². The number of rotatable bonds is 7. The average Bonchev–Trinajstić information content (AvgIpc) is 3.22. The van der Waals surface area contributed by atoms with Crippen LogP contribution in [0.3, 0.4) is 0 Å². The van der Waals surface area contributed by atoms with Gasteiger partial charge in [-0.25, -0.2) is 9.67 Å². The number of pyridine rings is 1. The third-order valence-electron chi connectivity index (χ3n) is 5.56. The van der Waals surface area contributed by atoms with Crippen molar-refractivity contribution in [1.82, 2.24) is 25.0 Å². The van der Waals surface area contributed by atoms with Crippen LogP contribution in [0.2, 0.25) is 0 Å². The molecule has 0 aliphatic carbocycles. The fourth-order valence-electron chi connectivity index (χ4n) is 3.80. The van der Waals surface area contributed by atoms with E-state index in [1.807, 2.05) is 37.3 Å². The molecule has 1 aliphatic heterocycles. The molecule has 0 saturated carbocycles. The van der Waals surface area contributed by atoms with Crippen LogP contribution < -0.4 is 10.1 Å². The van der Waals surface area contributed by atoms with Crippen molar-refractivity contribution in [2.75, 3.05) is 40.0 Å². The number of carbonyl (C=O) groups excluding carboxylic acids is 1. The van der Waals surface area contributed by atoms with E-state index in [4.69, 9.17) is 9.47 Å². The van der Waals surface area contributed by atoms with E-state index < -0.39 is 0 Å². The molecule has 3 heterocycles. The largest absolute Gasteiger partial charge is 0.497 e. The summed E-state index contributed by atoms with van der Waals surface area (Å²) in [7, 11) is 1.65. The molecule has 1 N–H and O–H groups in total. The normalized spacial score (nSPS) is 15.4. The molecule has 1 aromatic carbocycles. The van der Waals surface area contributed by atoms with Gasteiger partial charge in [-0.1, -0.05) is 18.2 Å². The first kappa shape index (κ1) is 21.0. The van der Waals surface area contributed by atoms with E-state index in [-0.39, 0.29) is 11.9 Å². The van der Waals surface area contributed by atoms with Gasteiger partial charge in [0.15, 0.2) is 5.82 Å². The first-order valence-corrected chi connectivity index (χ1v) is 10.4. The van der Waals surface area contributed by atoms with Crippen LogP contribution in [0, 0.1) is 6.92 Å². The summed E-state index contributed by atoms with van der Waals surface area (Å²) in [5, 5.41) is 7.46. The van der Waals surface area contributed by atoms with Gasteiger partial charge in [0.2, 0.25) is 0 Å². The van der Waals surface area contributed by atoms with Gasteiger partial charge in [0.05, 0.1) is 43.8 Å². The second-order valence-electron chi connectivity index (χ2n) is 7.39. The van der Waals surface area contributed by atoms with Crippen LogP contribution in [0.25, 0.3) is 5.82 Å². The second-order valence-corrected chi connectivity index (χ2v) is 7.39. The molecule has 4 rings (SSSR count). The highest BCUT2D eigenvalue weighted by Gasteiger charge is 2.24. The van der Waals surface area contributed by atoms with Gasteiger partial charge < -0.3 is 14.8 Å². The van der Waals surface area contributed by atoms with Gasteiger partial charge in [-0.3, -0.25) is 9.69 Å². The Kier molecular flexibility index (Phi) is 6.59. The number of ether oxygens (including phenoxy) is 2. The van der Waals surface area contributed by atoms with Gasteiger partial charge in [-0.15, -0.1) is 0 Å². The molecule has 1 fully saturated rings. The van der Waals surface area contributed by atoms with E-state index in [0.29, 0.717) is 31.1 Å². The molecule has 8 heteroatoms. The summed E-state index contributed by atoms with van der Waals surface area (Å²) in [6.07, 6.45) is 3.30. The number of hydrogen-bond donors (Lipinski definition) is 1. The molecule has 2 aromatic heterocycles. The first-order chi connectivity index (χ1) is 15.2. The molecular formula is C23H27N5O3. The van der Waals surface area contributed by atoms with Crippen LogP contribution in [-0.4, -0.2) is 65.5 Å². The third-order valence-corrected chi connectivity index (χ3v) is 5.56. The van der Waals surface area contributed by atoms with Gasteiger partial charge in [-0.05, 0) is 36.8 Å². The number of hydrogen-bond acceptors (Lipinski definition) is 6. The first-order valence-electron chi connectivity index (χ1n) is 10.4. The fourth-order valence-corrected chi connectivity index (χ4v) is 3.80. The molecule has 8 nitrogen and oxygen atoms in total. The highest BCUT2D eigenvalue weighted by molar-refractivity contribution is 5.95. The lowest BCUT2D eigenvalue weighted by molar-refractivity contribution is 0.0162. The van der Waals surface area contributed by atoms with Crippen molar-refractivity contribution in [3.63, 3.8) is 0 Å². The zero-order valence-corrected chi connectivity index (χ0v) is 17.8. The lowest BCUT2D eigenvalue weighted by Gasteiger charge is -2.35. The Morgan fingerprint density at radius 2 is 1.97 bits per heavy atom. The molecule has 3 aromatic rings. The summed E-state index contributed by atoms with van der Waals surface area (Å²) in [5.74, 6) is 1.35. The average molecular weight is 422 g/mol. The molecule has 0 spiro atoms. The number of carbonyl (C=O) groups is 1. The minimum absolute atomic E-state index is 0.0462. The third kappa shape index (κ3) is 4.76. The standard InChI is InChI=1S/C23H27N5O3/c1-17-20(15-26-28(17)22-5-3-4-10-24-22)23(29)25-16-21(27-11-13-31-14-12-27)18-6-8-19(30-2)9-7-18/h3-10,15,21H,11-14,16H2,1-2H3,(H,25,29). The molecule has 1 amide bonds. The summed E-state index contributed by atoms with van der Waals surface area (Å²) in [4.78, 5) is 19.6. The molecule has 1 saturated heterocycles. The summed E-state index contributed by atoms with van der Waals surface area (Å²) in [6, 6.07) is 13.7. The highest BCUT2D eigenvalue weighted by Crippen LogP contribution is 2.24. The molecule has 0 radical (unpaired) electrons. The number of benzene rings is 1. The molecule has 0 bridgehead atoms. The maximum atomic E-state index is 13.0. The Hall–Kier alpha value is -3.23.